The van der Waals surface area contributed by atoms with Gasteiger partial charge >= 0.3 is 6.09 Å². The Morgan fingerprint density at radius 1 is 0.531 bits per heavy atom. The van der Waals surface area contributed by atoms with Gasteiger partial charge in [-0.2, -0.15) is 5.10 Å². The van der Waals surface area contributed by atoms with E-state index in [1.54, 1.807) is 28.0 Å². The van der Waals surface area contributed by atoms with Crippen molar-refractivity contribution in [1.29, 1.82) is 0 Å². The van der Waals surface area contributed by atoms with E-state index in [1.807, 2.05) is 18.2 Å². The van der Waals surface area contributed by atoms with Crippen molar-refractivity contribution in [2.75, 3.05) is 230 Å². The summed E-state index contributed by atoms with van der Waals surface area (Å²) in [4.78, 5) is 70.2. The number of nitrogens with two attached hydrogens (primary N) is 1. The Morgan fingerprint density at radius 2 is 0.945 bits per heavy atom. The lowest BCUT2D eigenvalue weighted by molar-refractivity contribution is -0.238. The number of hydrogen-bond donors (Lipinski definition) is 12. The third-order valence-electron chi connectivity index (χ3n) is 20.3. The van der Waals surface area contributed by atoms with Gasteiger partial charge in [0.25, 0.3) is 0 Å². The number of nitrogens with zero attached hydrogens (tertiary/aromatic N) is 9. The van der Waals surface area contributed by atoms with E-state index in [1.165, 1.54) is 48.6 Å². The molecular weight excluding hydrogens is 1740 g/mol. The Balaban J connectivity index is 0.701. The highest BCUT2D eigenvalue weighted by Crippen LogP contribution is 2.40. The Kier molecular flexibility index (Phi) is 47.4. The molecule has 48 nitrogen and oxygen atoms in total. The van der Waals surface area contributed by atoms with Crippen LogP contribution in [-0.2, 0) is 150 Å². The van der Waals surface area contributed by atoms with Gasteiger partial charge in [-0.25, -0.2) is 19.1 Å². The van der Waals surface area contributed by atoms with Gasteiger partial charge in [0.1, 0.15) is 106 Å². The Hall–Kier alpha value is -6.66. The number of nitrogens with one attached hydrogen (secondary N) is 5. The van der Waals surface area contributed by atoms with Crippen LogP contribution in [0.5, 0.6) is 0 Å². The third-order valence-corrected chi connectivity index (χ3v) is 22.5. The second-order valence-electron chi connectivity index (χ2n) is 30.6. The number of ether oxygens (including phenoxy) is 22. The number of fused-ring (bicyclic) bond motifs is 6. The van der Waals surface area contributed by atoms with Crippen LogP contribution < -0.4 is 32.4 Å². The first kappa shape index (κ1) is 105. The highest BCUT2D eigenvalue weighted by atomic mass is 33.1. The Bertz CT molecular complexity index is 3610. The number of aliphatic hydroxyl groups is 6. The topological polar surface area (TPSA) is 595 Å². The number of aromatic nitrogens is 7. The Labute approximate surface area is 748 Å². The molecule has 6 saturated heterocycles. The molecule has 724 valence electrons. The summed E-state index contributed by atoms with van der Waals surface area (Å²) in [5, 5.41) is 99.7. The van der Waals surface area contributed by atoms with Crippen molar-refractivity contribution in [3.8, 4) is 0 Å². The quantitative estimate of drug-likeness (QED) is 0.00830. The second-order valence-corrected chi connectivity index (χ2v) is 33.0. The summed E-state index contributed by atoms with van der Waals surface area (Å²) >= 11 is 0. The van der Waals surface area contributed by atoms with E-state index in [9.17, 15) is 54.6 Å². The summed E-state index contributed by atoms with van der Waals surface area (Å²) in [5.74, 6) is 4.90. The number of carbonyl (C=O) groups is 5. The van der Waals surface area contributed by atoms with Gasteiger partial charge in [0.15, 0.2) is 18.9 Å². The SMILES string of the molecule is CC(=O)N[C@H]1[C@H]2OC[C@](COCCOCCOCCOCCN=CC(COCC(COCc3cn(CCOCCOCCOCCOC[C@@]45CO[C@@H](O4)[C@H](NC(C)=O)[C@@H](O)[C@H]5O)nn3)(COCc3cn(CCOCCOCCOCCOC[C@@]45CO[C@@H](O4)[C@H](NC(C)=O)[C@@H](O)[C@H]5O)nn3)NC(=O)CCCCCNC(=O)OCCSSc3ccccn3)=NN)(O2)[C@H](O)[C@@H]1O. The summed E-state index contributed by atoms with van der Waals surface area (Å²) in [6.07, 6.45) is -3.00. The number of unbranched alkanes of at least 4 members (excludes halogenated alkanes) is 2. The first-order valence-electron chi connectivity index (χ1n) is 42.5. The first-order chi connectivity index (χ1) is 62.1. The van der Waals surface area contributed by atoms with Crippen LogP contribution in [0, 0.1) is 0 Å². The highest BCUT2D eigenvalue weighted by Gasteiger charge is 2.62. The number of carbonyl (C=O) groups excluding carboxylic acids is 5. The molecule has 6 fully saturated rings. The zero-order valence-electron chi connectivity index (χ0n) is 72.5. The van der Waals surface area contributed by atoms with Crippen molar-refractivity contribution in [3.63, 3.8) is 0 Å². The van der Waals surface area contributed by atoms with Gasteiger partial charge in [-0.05, 0) is 35.8 Å². The smallest absolute Gasteiger partial charge is 0.407 e. The molecule has 0 aliphatic carbocycles. The van der Waals surface area contributed by atoms with Crippen LogP contribution in [-0.4, -0.2) is 433 Å². The van der Waals surface area contributed by atoms with Gasteiger partial charge in [-0.1, -0.05) is 33.7 Å². The van der Waals surface area contributed by atoms with Crippen LogP contribution in [0.25, 0.3) is 0 Å². The molecule has 6 bridgehead atoms. The number of pyridine rings is 1. The molecular formula is C78H127N15O33S2. The van der Waals surface area contributed by atoms with Gasteiger partial charge in [0.2, 0.25) is 23.6 Å². The predicted octanol–water partition coefficient (Wildman–Crippen LogP) is -4.76. The molecule has 5 amide bonds. The molecule has 0 unspecified atom stereocenters. The van der Waals surface area contributed by atoms with E-state index in [-0.39, 0.29) is 236 Å². The molecule has 0 aromatic carbocycles. The van der Waals surface area contributed by atoms with Gasteiger partial charge in [-0.15, -0.1) is 10.2 Å². The van der Waals surface area contributed by atoms with Crippen LogP contribution in [0.1, 0.15) is 57.8 Å². The molecule has 3 aromatic rings. The van der Waals surface area contributed by atoms with Crippen molar-refractivity contribution >= 4 is 63.2 Å². The van der Waals surface area contributed by atoms with Crippen molar-refractivity contribution < 1.29 is 159 Å². The van der Waals surface area contributed by atoms with Gasteiger partial charge < -0.3 is 167 Å². The molecule has 9 rings (SSSR count). The van der Waals surface area contributed by atoms with Crippen LogP contribution >= 0.6 is 21.6 Å². The maximum Gasteiger partial charge on any atom is 0.407 e. The summed E-state index contributed by atoms with van der Waals surface area (Å²) in [6.45, 7) is 9.74. The third kappa shape index (κ3) is 35.7. The molecule has 128 heavy (non-hydrogen) atoms. The average Bonchev–Trinajstić information content (AvgIpc) is 1.61. The van der Waals surface area contributed by atoms with Crippen molar-refractivity contribution in [1.82, 2.24) is 61.6 Å². The molecule has 0 saturated carbocycles. The fraction of sp³-hybridized carbons (Fsp3) is 0.795. The van der Waals surface area contributed by atoms with Crippen molar-refractivity contribution in [3.05, 3.63) is 48.2 Å². The molecule has 9 heterocycles. The standard InChI is InChI=1S/C78H127N15O33S2/c1-54(94)83-62-65(98)68(101)76(51-121-71(62)124-76)48-114-34-31-111-28-25-108-22-19-105-16-13-80-39-57(87-79)42-117-45-75(86-60(97)9-5-4-7-12-82-74(104)120-37-38-127-128-61-10-6-8-11-81-61,46-118-43-58-40-92(90-88-58)14-17-106-20-23-109-26-29-112-32-35-115-49-77-52-122-72(125-77)63(84-55(2)95)66(99)69(77)102)47-119-44-59-41-93(91-89-59)15-18-107-21-24-110-27-30-113-33-36-116-50-78-53-123-73(126-78)64(85-56(3)96)67(100)70(78)103/h6,8,10-11,39-41,62-73,98-103H,4-5,7,9,12-38,42-53,79H2,1-3H3,(H,82,104)(H,83,94)(H,84,95)(H,85,96)(H,86,97)/t62-,63-,64-,65-,66-,67-,68-,69-,70-,71+,72+,73+,76+,77+,78+/m1/s1. The summed E-state index contributed by atoms with van der Waals surface area (Å²) in [6, 6.07) is 2.89. The van der Waals surface area contributed by atoms with Crippen molar-refractivity contribution in [2.45, 2.75) is 174 Å². The number of hydrazone groups is 1. The van der Waals surface area contributed by atoms with E-state index in [0.29, 0.717) is 69.3 Å². The minimum Gasteiger partial charge on any atom is -0.449 e. The zero-order valence-corrected chi connectivity index (χ0v) is 74.1. The molecule has 0 spiro atoms. The highest BCUT2D eigenvalue weighted by molar-refractivity contribution is 8.76. The van der Waals surface area contributed by atoms with Gasteiger partial charge in [-0.3, -0.25) is 24.2 Å². The zero-order chi connectivity index (χ0) is 91.1. The predicted molar refractivity (Wildman–Crippen MR) is 446 cm³/mol. The fourth-order valence-electron chi connectivity index (χ4n) is 13.8. The van der Waals surface area contributed by atoms with E-state index < -0.39 is 120 Å². The minimum absolute atomic E-state index is 0.0212. The second kappa shape index (κ2) is 57.7. The summed E-state index contributed by atoms with van der Waals surface area (Å²) in [5.41, 5.74) is -4.02. The molecule has 3 aromatic heterocycles. The van der Waals surface area contributed by atoms with E-state index in [4.69, 9.17) is 110 Å². The minimum atomic E-state index is -1.37. The number of amides is 5. The maximum absolute atomic E-state index is 14.2. The average molecular weight is 1870 g/mol. The van der Waals surface area contributed by atoms with Gasteiger partial charge in [0, 0.05) is 51.9 Å². The normalized spacial score (nSPS) is 25.5. The van der Waals surface area contributed by atoms with Crippen molar-refractivity contribution in [2.24, 2.45) is 15.9 Å². The number of hydrogen-bond acceptors (Lipinski definition) is 43. The molecule has 6 aliphatic heterocycles. The maximum atomic E-state index is 14.2. The monoisotopic (exact) mass is 1870 g/mol. The van der Waals surface area contributed by atoms with Crippen LogP contribution in [0.15, 0.2) is 51.9 Å². The lowest BCUT2D eigenvalue weighted by atomic mass is 9.88. The van der Waals surface area contributed by atoms with Crippen LogP contribution in [0.2, 0.25) is 0 Å². The van der Waals surface area contributed by atoms with E-state index in [2.05, 4.69) is 62.3 Å². The lowest BCUT2D eigenvalue weighted by Crippen LogP contribution is -2.66. The summed E-state index contributed by atoms with van der Waals surface area (Å²) in [7, 11) is 3.01. The largest absolute Gasteiger partial charge is 0.449 e. The first-order valence-corrected chi connectivity index (χ1v) is 44.9. The van der Waals surface area contributed by atoms with E-state index in [0.717, 1.165) is 5.03 Å². The van der Waals surface area contributed by atoms with Crippen LogP contribution in [0.3, 0.4) is 0 Å². The number of alkyl carbamates (subject to hydrolysis) is 1. The van der Waals surface area contributed by atoms with Gasteiger partial charge in [0.05, 0.1) is 250 Å². The number of aliphatic imine (C=N–C) groups is 1. The summed E-state index contributed by atoms with van der Waals surface area (Å²) < 4.78 is 130. The number of aliphatic hydroxyl groups excluding tert-OH is 6. The molecule has 13 N–H and O–H groups in total. The number of rotatable bonds is 70. The Morgan fingerprint density at radius 3 is 1.36 bits per heavy atom. The fourth-order valence-corrected chi connectivity index (χ4v) is 15.5. The van der Waals surface area contributed by atoms with E-state index >= 15 is 0 Å². The molecule has 50 heteroatoms. The molecule has 15 atom stereocenters. The lowest BCUT2D eigenvalue weighted by Gasteiger charge is -2.42. The molecule has 0 radical (unpaired) electrons. The molecule has 6 aliphatic rings. The van der Waals surface area contributed by atoms with Crippen LogP contribution in [0.4, 0.5) is 4.79 Å².